The van der Waals surface area contributed by atoms with E-state index in [-0.39, 0.29) is 11.6 Å². The van der Waals surface area contributed by atoms with E-state index in [0.29, 0.717) is 18.8 Å². The molecule has 1 aromatic heterocycles. The van der Waals surface area contributed by atoms with E-state index in [2.05, 4.69) is 49.9 Å². The summed E-state index contributed by atoms with van der Waals surface area (Å²) < 4.78 is 5.34. The summed E-state index contributed by atoms with van der Waals surface area (Å²) in [5, 5.41) is 2.48. The van der Waals surface area contributed by atoms with Crippen molar-refractivity contribution in [3.63, 3.8) is 0 Å². The molecule has 0 unspecified atom stereocenters. The van der Waals surface area contributed by atoms with Crippen LogP contribution in [0, 0.1) is 0 Å². The van der Waals surface area contributed by atoms with Crippen molar-refractivity contribution in [2.45, 2.75) is 13.0 Å². The Kier molecular flexibility index (Phi) is 6.23. The summed E-state index contributed by atoms with van der Waals surface area (Å²) in [6.07, 6.45) is 1.01. The number of benzene rings is 2. The lowest BCUT2D eigenvalue weighted by Crippen LogP contribution is -2.42. The molecule has 0 spiro atoms. The smallest absolute Gasteiger partial charge is 0.289 e. The molecule has 1 saturated heterocycles. The molecule has 2 aromatic carbocycles. The number of anilines is 2. The highest BCUT2D eigenvalue weighted by Gasteiger charge is 2.19. The second-order valence-corrected chi connectivity index (χ2v) is 8.85. The van der Waals surface area contributed by atoms with Gasteiger partial charge < -0.3 is 14.5 Å². The van der Waals surface area contributed by atoms with Crippen molar-refractivity contribution in [2.75, 3.05) is 42.6 Å². The first-order valence-corrected chi connectivity index (χ1v) is 11.9. The number of nitrogens with one attached hydrogen (secondary N) is 2. The van der Waals surface area contributed by atoms with Crippen LogP contribution in [0.5, 0.6) is 0 Å². The molecule has 33 heavy (non-hydrogen) atoms. The van der Waals surface area contributed by atoms with Crippen LogP contribution in [0.2, 0.25) is 0 Å². The second-order valence-electron chi connectivity index (χ2n) is 8.01. The second kappa shape index (κ2) is 9.60. The predicted octanol–water partition coefficient (Wildman–Crippen LogP) is 2.62. The van der Waals surface area contributed by atoms with Gasteiger partial charge in [-0.1, -0.05) is 24.3 Å². The highest BCUT2D eigenvalue weighted by atomic mass is 32.1. The molecule has 170 valence electrons. The molecule has 8 nitrogen and oxygen atoms in total. The number of hydrogen-bond donors (Lipinski definition) is 2. The maximum absolute atomic E-state index is 12.5. The Morgan fingerprint density at radius 3 is 2.39 bits per heavy atom. The van der Waals surface area contributed by atoms with E-state index in [4.69, 9.17) is 4.74 Å². The molecule has 0 atom stereocenters. The van der Waals surface area contributed by atoms with E-state index in [9.17, 15) is 9.59 Å². The summed E-state index contributed by atoms with van der Waals surface area (Å²) in [4.78, 5) is 33.7. The zero-order chi connectivity index (χ0) is 22.6. The molecule has 2 aliphatic heterocycles. The summed E-state index contributed by atoms with van der Waals surface area (Å²) in [7, 11) is 0. The molecular formula is C24H25N5O3S. The molecule has 1 fully saturated rings. The molecule has 0 aliphatic carbocycles. The topological polar surface area (TPSA) is 86.8 Å². The molecule has 5 rings (SSSR count). The van der Waals surface area contributed by atoms with Crippen molar-refractivity contribution in [1.29, 1.82) is 0 Å². The van der Waals surface area contributed by atoms with Crippen molar-refractivity contribution in [3.05, 3.63) is 76.3 Å². The fourth-order valence-corrected chi connectivity index (χ4v) is 4.92. The summed E-state index contributed by atoms with van der Waals surface area (Å²) >= 11 is 1.41. The number of hydrazine groups is 1. The minimum atomic E-state index is -0.442. The van der Waals surface area contributed by atoms with E-state index in [1.54, 1.807) is 17.5 Å². The first kappa shape index (κ1) is 21.4. The van der Waals surface area contributed by atoms with E-state index >= 15 is 0 Å². The van der Waals surface area contributed by atoms with Gasteiger partial charge in [-0.15, -0.1) is 11.3 Å². The number of amides is 2. The highest BCUT2D eigenvalue weighted by molar-refractivity contribution is 7.13. The molecule has 3 heterocycles. The van der Waals surface area contributed by atoms with E-state index in [1.807, 2.05) is 12.1 Å². The van der Waals surface area contributed by atoms with Crippen LogP contribution in [0.1, 0.15) is 32.0 Å². The number of nitrogens with zero attached hydrogens (tertiary/aromatic N) is 3. The van der Waals surface area contributed by atoms with E-state index < -0.39 is 5.91 Å². The zero-order valence-electron chi connectivity index (χ0n) is 18.1. The number of carbonyl (C=O) groups is 2. The lowest BCUT2D eigenvalue weighted by Gasteiger charge is -2.30. The molecule has 2 amide bonds. The lowest BCUT2D eigenvalue weighted by molar-refractivity contribution is 0.0844. The fraction of sp³-hybridized carbons (Fsp3) is 0.292. The van der Waals surface area contributed by atoms with Gasteiger partial charge >= 0.3 is 0 Å². The van der Waals surface area contributed by atoms with Crippen LogP contribution >= 0.6 is 11.3 Å². The normalized spacial score (nSPS) is 15.6. The van der Waals surface area contributed by atoms with Crippen LogP contribution in [0.4, 0.5) is 10.8 Å². The third-order valence-electron chi connectivity index (χ3n) is 5.92. The Morgan fingerprint density at radius 2 is 1.61 bits per heavy atom. The number of carbonyl (C=O) groups excluding carboxylic acids is 2. The molecule has 0 saturated carbocycles. The van der Waals surface area contributed by atoms with Gasteiger partial charge in [0.15, 0.2) is 5.13 Å². The monoisotopic (exact) mass is 463 g/mol. The van der Waals surface area contributed by atoms with Crippen molar-refractivity contribution in [3.8, 4) is 0 Å². The Balaban J connectivity index is 1.15. The lowest BCUT2D eigenvalue weighted by atomic mass is 9.99. The van der Waals surface area contributed by atoms with Gasteiger partial charge in [0.2, 0.25) is 0 Å². The van der Waals surface area contributed by atoms with Crippen molar-refractivity contribution >= 4 is 34.0 Å². The van der Waals surface area contributed by atoms with Crippen molar-refractivity contribution < 1.29 is 14.3 Å². The number of morpholine rings is 1. The molecule has 3 aromatic rings. The number of fused-ring (bicyclic) bond motifs is 1. The molecule has 2 N–H and O–H groups in total. The Morgan fingerprint density at radius 1 is 0.879 bits per heavy atom. The molecule has 9 heteroatoms. The Bertz CT molecular complexity index is 1140. The van der Waals surface area contributed by atoms with Crippen molar-refractivity contribution in [1.82, 2.24) is 15.8 Å². The van der Waals surface area contributed by atoms with Gasteiger partial charge in [0.1, 0.15) is 5.69 Å². The van der Waals surface area contributed by atoms with Gasteiger partial charge in [-0.25, -0.2) is 4.98 Å². The van der Waals surface area contributed by atoms with Crippen LogP contribution < -0.4 is 20.7 Å². The average molecular weight is 464 g/mol. The third kappa shape index (κ3) is 4.84. The van der Waals surface area contributed by atoms with Crippen LogP contribution in [0.25, 0.3) is 0 Å². The summed E-state index contributed by atoms with van der Waals surface area (Å²) in [5.74, 6) is -0.815. The number of aromatic nitrogens is 1. The summed E-state index contributed by atoms with van der Waals surface area (Å²) in [6.45, 7) is 4.62. The average Bonchev–Trinajstić information content (AvgIpc) is 3.38. The quantitative estimate of drug-likeness (QED) is 0.579. The molecule has 2 aliphatic rings. The Labute approximate surface area is 196 Å². The van der Waals surface area contributed by atoms with Crippen molar-refractivity contribution in [2.24, 2.45) is 0 Å². The first-order chi connectivity index (χ1) is 16.2. The number of thiazole rings is 1. The van der Waals surface area contributed by atoms with E-state index in [0.717, 1.165) is 43.4 Å². The zero-order valence-corrected chi connectivity index (χ0v) is 18.9. The largest absolute Gasteiger partial charge is 0.378 e. The van der Waals surface area contributed by atoms with Gasteiger partial charge in [-0.05, 0) is 41.8 Å². The van der Waals surface area contributed by atoms with Gasteiger partial charge in [0.05, 0.1) is 13.2 Å². The van der Waals surface area contributed by atoms with Gasteiger partial charge in [0, 0.05) is 42.8 Å². The SMILES string of the molecule is O=C(NNC(=O)c1csc(N2CCOCC2)n1)c1ccc(N2CCc3ccccc3C2)cc1. The predicted molar refractivity (Wildman–Crippen MR) is 128 cm³/mol. The van der Waals surface area contributed by atoms with Gasteiger partial charge in [-0.3, -0.25) is 20.4 Å². The van der Waals surface area contributed by atoms with Crippen LogP contribution in [0.3, 0.4) is 0 Å². The fourth-order valence-electron chi connectivity index (χ4n) is 4.06. The van der Waals surface area contributed by atoms with Crippen LogP contribution in [-0.4, -0.2) is 49.6 Å². The van der Waals surface area contributed by atoms with Crippen LogP contribution in [0.15, 0.2) is 53.9 Å². The van der Waals surface area contributed by atoms with Crippen LogP contribution in [-0.2, 0) is 17.7 Å². The molecular weight excluding hydrogens is 438 g/mol. The maximum Gasteiger partial charge on any atom is 0.289 e. The van der Waals surface area contributed by atoms with E-state index in [1.165, 1.54) is 22.5 Å². The molecule has 0 bridgehead atoms. The number of hydrogen-bond acceptors (Lipinski definition) is 7. The number of rotatable bonds is 4. The third-order valence-corrected chi connectivity index (χ3v) is 6.82. The first-order valence-electron chi connectivity index (χ1n) is 11.0. The minimum Gasteiger partial charge on any atom is -0.378 e. The summed E-state index contributed by atoms with van der Waals surface area (Å²) in [6, 6.07) is 15.9. The maximum atomic E-state index is 12.5. The molecule has 0 radical (unpaired) electrons. The summed E-state index contributed by atoms with van der Waals surface area (Å²) in [5.41, 5.74) is 9.50. The standard InChI is InChI=1S/C24H25N5O3S/c30-22(26-27-23(31)21-16-33-24(25-21)28-11-13-32-14-12-28)18-5-7-20(8-6-18)29-10-9-17-3-1-2-4-19(17)15-29/h1-8,16H,9-15H2,(H,26,30)(H,27,31). The van der Waals surface area contributed by atoms with Gasteiger partial charge in [-0.2, -0.15) is 0 Å². The highest BCUT2D eigenvalue weighted by Crippen LogP contribution is 2.25. The minimum absolute atomic E-state index is 0.280. The Hall–Kier alpha value is -3.43. The van der Waals surface area contributed by atoms with Gasteiger partial charge in [0.25, 0.3) is 11.8 Å². The number of ether oxygens (including phenoxy) is 1.